The van der Waals surface area contributed by atoms with Gasteiger partial charge in [-0.15, -0.1) is 0 Å². The van der Waals surface area contributed by atoms with Gasteiger partial charge in [0.25, 0.3) is 0 Å². The van der Waals surface area contributed by atoms with E-state index in [-0.39, 0.29) is 6.04 Å². The Morgan fingerprint density at radius 3 is 2.45 bits per heavy atom. The van der Waals surface area contributed by atoms with Crippen LogP contribution in [0.5, 0.6) is 0 Å². The van der Waals surface area contributed by atoms with Crippen LogP contribution in [0.15, 0.2) is 24.3 Å². The molecule has 3 atom stereocenters. The summed E-state index contributed by atoms with van der Waals surface area (Å²) in [5, 5.41) is 13.5. The summed E-state index contributed by atoms with van der Waals surface area (Å²) >= 11 is 0. The molecule has 1 aromatic carbocycles. The van der Waals surface area contributed by atoms with Gasteiger partial charge in [0, 0.05) is 12.1 Å². The lowest BCUT2D eigenvalue weighted by Crippen LogP contribution is -2.41. The minimum atomic E-state index is -4.33. The highest BCUT2D eigenvalue weighted by atomic mass is 19.4. The third-order valence-electron chi connectivity index (χ3n) is 3.84. The van der Waals surface area contributed by atoms with E-state index in [4.69, 9.17) is 0 Å². The van der Waals surface area contributed by atoms with E-state index in [1.807, 2.05) is 0 Å². The second-order valence-corrected chi connectivity index (χ2v) is 5.57. The van der Waals surface area contributed by atoms with Crippen molar-refractivity contribution in [3.8, 4) is 0 Å². The molecule has 3 unspecified atom stereocenters. The Hall–Kier alpha value is -1.07. The van der Waals surface area contributed by atoms with Crippen molar-refractivity contribution in [1.29, 1.82) is 0 Å². The van der Waals surface area contributed by atoms with Crippen molar-refractivity contribution in [2.24, 2.45) is 0 Å². The molecule has 1 aliphatic heterocycles. The van der Waals surface area contributed by atoms with E-state index in [1.165, 1.54) is 12.1 Å². The summed E-state index contributed by atoms with van der Waals surface area (Å²) in [6, 6.07) is 5.44. The van der Waals surface area contributed by atoms with Crippen LogP contribution in [0.2, 0.25) is 0 Å². The number of nitrogens with one attached hydrogen (secondary N) is 1. The largest absolute Gasteiger partial charge is 0.416 e. The third kappa shape index (κ3) is 3.96. The number of hydrogen-bond donors (Lipinski definition) is 2. The fourth-order valence-corrected chi connectivity index (χ4v) is 2.73. The van der Waals surface area contributed by atoms with Gasteiger partial charge in [-0.25, -0.2) is 0 Å². The molecule has 1 heterocycles. The highest BCUT2D eigenvalue weighted by molar-refractivity contribution is 5.26. The van der Waals surface area contributed by atoms with Crippen LogP contribution in [0.3, 0.4) is 0 Å². The molecule has 2 nitrogen and oxygen atoms in total. The van der Waals surface area contributed by atoms with E-state index in [1.54, 1.807) is 0 Å². The zero-order valence-corrected chi connectivity index (χ0v) is 11.5. The highest BCUT2D eigenvalue weighted by Crippen LogP contribution is 2.31. The molecule has 1 aliphatic rings. The summed E-state index contributed by atoms with van der Waals surface area (Å²) in [6.45, 7) is 2.11. The van der Waals surface area contributed by atoms with Gasteiger partial charge in [0.15, 0.2) is 0 Å². The minimum absolute atomic E-state index is 0.232. The van der Waals surface area contributed by atoms with E-state index in [2.05, 4.69) is 12.2 Å². The van der Waals surface area contributed by atoms with Crippen LogP contribution >= 0.6 is 0 Å². The molecule has 1 saturated heterocycles. The fourth-order valence-electron chi connectivity index (χ4n) is 2.73. The van der Waals surface area contributed by atoms with Gasteiger partial charge in [-0.05, 0) is 43.9 Å². The number of benzene rings is 1. The molecule has 0 amide bonds. The minimum Gasteiger partial charge on any atom is -0.388 e. The topological polar surface area (TPSA) is 32.3 Å². The smallest absolute Gasteiger partial charge is 0.388 e. The molecule has 0 spiro atoms. The highest BCUT2D eigenvalue weighted by Gasteiger charge is 2.30. The van der Waals surface area contributed by atoms with Crippen molar-refractivity contribution in [3.63, 3.8) is 0 Å². The number of alkyl halides is 3. The Labute approximate surface area is 117 Å². The maximum absolute atomic E-state index is 12.5. The lowest BCUT2D eigenvalue weighted by atomic mass is 9.93. The average molecular weight is 287 g/mol. The Kier molecular flexibility index (Phi) is 4.70. The molecule has 0 radical (unpaired) electrons. The number of piperidine rings is 1. The molecule has 2 rings (SSSR count). The summed E-state index contributed by atoms with van der Waals surface area (Å²) in [7, 11) is 0. The molecule has 0 aliphatic carbocycles. The number of aliphatic hydroxyl groups is 1. The summed E-state index contributed by atoms with van der Waals surface area (Å²) in [6.07, 6.45) is -1.26. The molecular weight excluding hydrogens is 267 g/mol. The Morgan fingerprint density at radius 1 is 1.25 bits per heavy atom. The van der Waals surface area contributed by atoms with E-state index in [9.17, 15) is 18.3 Å². The number of halogens is 3. The quantitative estimate of drug-likeness (QED) is 0.889. The first-order chi connectivity index (χ1) is 9.36. The van der Waals surface area contributed by atoms with Gasteiger partial charge in [0.05, 0.1) is 11.7 Å². The van der Waals surface area contributed by atoms with Crippen LogP contribution in [0.1, 0.15) is 49.8 Å². The summed E-state index contributed by atoms with van der Waals surface area (Å²) in [5.74, 6) is 0. The fraction of sp³-hybridized carbons (Fsp3) is 0.600. The predicted molar refractivity (Wildman–Crippen MR) is 71.3 cm³/mol. The zero-order valence-electron chi connectivity index (χ0n) is 11.5. The van der Waals surface area contributed by atoms with Crippen LogP contribution in [0, 0.1) is 0 Å². The monoisotopic (exact) mass is 287 g/mol. The zero-order chi connectivity index (χ0) is 14.8. The maximum Gasteiger partial charge on any atom is 0.416 e. The van der Waals surface area contributed by atoms with Crippen LogP contribution < -0.4 is 5.32 Å². The van der Waals surface area contributed by atoms with Crippen LogP contribution in [-0.4, -0.2) is 17.2 Å². The number of rotatable bonds is 3. The van der Waals surface area contributed by atoms with Gasteiger partial charge in [0.2, 0.25) is 0 Å². The first-order valence-electron chi connectivity index (χ1n) is 6.97. The summed E-state index contributed by atoms with van der Waals surface area (Å²) in [4.78, 5) is 0. The Bertz CT molecular complexity index is 430. The van der Waals surface area contributed by atoms with Gasteiger partial charge in [-0.1, -0.05) is 18.6 Å². The van der Waals surface area contributed by atoms with Gasteiger partial charge < -0.3 is 10.4 Å². The van der Waals surface area contributed by atoms with Crippen molar-refractivity contribution < 1.29 is 18.3 Å². The number of aliphatic hydroxyl groups excluding tert-OH is 1. The molecule has 0 bridgehead atoms. The van der Waals surface area contributed by atoms with Gasteiger partial charge in [0.1, 0.15) is 0 Å². The van der Waals surface area contributed by atoms with Crippen molar-refractivity contribution in [2.45, 2.75) is 57.0 Å². The average Bonchev–Trinajstić information content (AvgIpc) is 2.38. The van der Waals surface area contributed by atoms with Gasteiger partial charge in [-0.3, -0.25) is 0 Å². The van der Waals surface area contributed by atoms with E-state index >= 15 is 0 Å². The second kappa shape index (κ2) is 6.14. The molecule has 0 saturated carbocycles. The standard InChI is InChI=1S/C15H20F3NO/c1-10-3-2-4-13(19-10)9-14(20)11-5-7-12(8-6-11)15(16,17)18/h5-8,10,13-14,19-20H,2-4,9H2,1H3. The van der Waals surface area contributed by atoms with E-state index in [0.29, 0.717) is 18.0 Å². The number of hydrogen-bond acceptors (Lipinski definition) is 2. The molecular formula is C15H20F3NO. The van der Waals surface area contributed by atoms with E-state index in [0.717, 1.165) is 31.4 Å². The van der Waals surface area contributed by atoms with Crippen molar-refractivity contribution in [1.82, 2.24) is 5.32 Å². The second-order valence-electron chi connectivity index (χ2n) is 5.57. The lowest BCUT2D eigenvalue weighted by Gasteiger charge is -2.30. The first kappa shape index (κ1) is 15.3. The van der Waals surface area contributed by atoms with Crippen LogP contribution in [0.25, 0.3) is 0 Å². The summed E-state index contributed by atoms with van der Waals surface area (Å²) < 4.78 is 37.4. The molecule has 5 heteroatoms. The maximum atomic E-state index is 12.5. The predicted octanol–water partition coefficient (Wildman–Crippen LogP) is 3.66. The molecule has 2 N–H and O–H groups in total. The van der Waals surface area contributed by atoms with Crippen molar-refractivity contribution >= 4 is 0 Å². The molecule has 0 aromatic heterocycles. The molecule has 1 aromatic rings. The normalized spacial score (nSPS) is 25.4. The Morgan fingerprint density at radius 2 is 1.90 bits per heavy atom. The third-order valence-corrected chi connectivity index (χ3v) is 3.84. The van der Waals surface area contributed by atoms with Crippen LogP contribution in [0.4, 0.5) is 13.2 Å². The van der Waals surface area contributed by atoms with Gasteiger partial charge in [-0.2, -0.15) is 13.2 Å². The first-order valence-corrected chi connectivity index (χ1v) is 6.97. The lowest BCUT2D eigenvalue weighted by molar-refractivity contribution is -0.137. The van der Waals surface area contributed by atoms with Crippen molar-refractivity contribution in [2.75, 3.05) is 0 Å². The summed E-state index contributed by atoms with van der Waals surface area (Å²) in [5.41, 5.74) is -0.143. The van der Waals surface area contributed by atoms with Crippen molar-refractivity contribution in [3.05, 3.63) is 35.4 Å². The van der Waals surface area contributed by atoms with Gasteiger partial charge >= 0.3 is 6.18 Å². The SMILES string of the molecule is CC1CCCC(CC(O)c2ccc(C(F)(F)F)cc2)N1. The molecule has 1 fully saturated rings. The van der Waals surface area contributed by atoms with Crippen LogP contribution in [-0.2, 0) is 6.18 Å². The molecule has 112 valence electrons. The molecule has 20 heavy (non-hydrogen) atoms. The van der Waals surface area contributed by atoms with E-state index < -0.39 is 17.8 Å². The Balaban J connectivity index is 1.97.